The SMILES string of the molecule is CCCCCC.CCOC(C)=O.ClC(Cl)Cl. The maximum Gasteiger partial charge on any atom is 0.302 e. The van der Waals surface area contributed by atoms with E-state index in [0.717, 1.165) is 0 Å². The molecular weight excluding hydrogens is 270 g/mol. The Morgan fingerprint density at radius 2 is 1.38 bits per heavy atom. The number of alkyl halides is 3. The van der Waals surface area contributed by atoms with E-state index in [1.165, 1.54) is 32.6 Å². The summed E-state index contributed by atoms with van der Waals surface area (Å²) in [6.07, 6.45) is 5.54. The van der Waals surface area contributed by atoms with Crippen molar-refractivity contribution >= 4 is 40.8 Å². The largest absolute Gasteiger partial charge is 0.466 e. The van der Waals surface area contributed by atoms with Crippen molar-refractivity contribution in [1.29, 1.82) is 0 Å². The Morgan fingerprint density at radius 3 is 1.44 bits per heavy atom. The standard InChI is InChI=1S/C6H14.C4H8O2.CHCl3/c1-3-5-6-4-2;1-3-6-4(2)5;2-1(3)4/h3-6H2,1-2H3;3H2,1-2H3;1H. The van der Waals surface area contributed by atoms with Crippen molar-refractivity contribution < 1.29 is 9.53 Å². The summed E-state index contributed by atoms with van der Waals surface area (Å²) >= 11 is 14.4. The smallest absolute Gasteiger partial charge is 0.302 e. The van der Waals surface area contributed by atoms with Gasteiger partial charge < -0.3 is 4.74 Å². The minimum Gasteiger partial charge on any atom is -0.466 e. The maximum atomic E-state index is 9.82. The summed E-state index contributed by atoms with van der Waals surface area (Å²) in [7, 11) is 0. The quantitative estimate of drug-likeness (QED) is 0.407. The van der Waals surface area contributed by atoms with Crippen molar-refractivity contribution in [2.24, 2.45) is 0 Å². The van der Waals surface area contributed by atoms with Crippen molar-refractivity contribution in [3.63, 3.8) is 0 Å². The predicted molar refractivity (Wildman–Crippen MR) is 73.5 cm³/mol. The molecule has 0 rings (SSSR count). The normalized spacial score (nSPS) is 8.50. The predicted octanol–water partition coefficient (Wildman–Crippen LogP) is 5.14. The Hall–Kier alpha value is 0.340. The van der Waals surface area contributed by atoms with Crippen molar-refractivity contribution in [2.45, 2.75) is 57.7 Å². The monoisotopic (exact) mass is 292 g/mol. The fourth-order valence-corrected chi connectivity index (χ4v) is 0.703. The Morgan fingerprint density at radius 1 is 1.06 bits per heavy atom. The van der Waals surface area contributed by atoms with Crippen molar-refractivity contribution in [3.8, 4) is 0 Å². The minimum atomic E-state index is -0.750. The maximum absolute atomic E-state index is 9.82. The van der Waals surface area contributed by atoms with E-state index in [9.17, 15) is 4.79 Å². The first kappa shape index (κ1) is 21.6. The van der Waals surface area contributed by atoms with Gasteiger partial charge >= 0.3 is 5.97 Å². The molecule has 0 N–H and O–H groups in total. The van der Waals surface area contributed by atoms with Crippen molar-refractivity contribution in [1.82, 2.24) is 0 Å². The van der Waals surface area contributed by atoms with Crippen LogP contribution in [-0.4, -0.2) is 16.9 Å². The molecule has 0 aromatic carbocycles. The molecule has 2 nitrogen and oxygen atoms in total. The highest BCUT2D eigenvalue weighted by molar-refractivity contribution is 6.63. The molecule has 0 heterocycles. The van der Waals surface area contributed by atoms with E-state index in [1.807, 2.05) is 0 Å². The van der Waals surface area contributed by atoms with Gasteiger partial charge in [0.25, 0.3) is 0 Å². The Bertz CT molecular complexity index is 124. The number of unbranched alkanes of at least 4 members (excludes halogenated alkanes) is 3. The number of ether oxygens (including phenoxy) is 1. The zero-order chi connectivity index (χ0) is 13.4. The van der Waals surface area contributed by atoms with Gasteiger partial charge in [0.15, 0.2) is 4.30 Å². The van der Waals surface area contributed by atoms with E-state index in [-0.39, 0.29) is 5.97 Å². The topological polar surface area (TPSA) is 26.3 Å². The fourth-order valence-electron chi connectivity index (χ4n) is 0.703. The second kappa shape index (κ2) is 20.7. The summed E-state index contributed by atoms with van der Waals surface area (Å²) in [5, 5.41) is 0. The van der Waals surface area contributed by atoms with E-state index in [4.69, 9.17) is 34.8 Å². The first-order chi connectivity index (χ1) is 7.42. The second-order valence-electron chi connectivity index (χ2n) is 2.88. The molecule has 0 aliphatic rings. The fraction of sp³-hybridized carbons (Fsp3) is 0.909. The van der Waals surface area contributed by atoms with Crippen LogP contribution >= 0.6 is 34.8 Å². The third-order valence-corrected chi connectivity index (χ3v) is 1.30. The molecule has 0 saturated heterocycles. The van der Waals surface area contributed by atoms with Gasteiger partial charge in [0.2, 0.25) is 0 Å². The molecule has 100 valence electrons. The zero-order valence-electron chi connectivity index (χ0n) is 10.6. The molecule has 0 amide bonds. The molecule has 16 heavy (non-hydrogen) atoms. The molecule has 0 fully saturated rings. The summed E-state index contributed by atoms with van der Waals surface area (Å²) in [5.74, 6) is -0.211. The molecule has 0 aromatic rings. The number of hydrogen-bond acceptors (Lipinski definition) is 2. The van der Waals surface area contributed by atoms with Crippen LogP contribution in [0.15, 0.2) is 0 Å². The van der Waals surface area contributed by atoms with Crippen LogP contribution in [0.3, 0.4) is 0 Å². The molecular formula is C11H23Cl3O2. The number of rotatable bonds is 4. The number of carbonyl (C=O) groups is 1. The third-order valence-electron chi connectivity index (χ3n) is 1.30. The minimum absolute atomic E-state index is 0.211. The van der Waals surface area contributed by atoms with Gasteiger partial charge in [0.1, 0.15) is 0 Å². The number of hydrogen-bond donors (Lipinski definition) is 0. The molecule has 0 saturated carbocycles. The van der Waals surface area contributed by atoms with Gasteiger partial charge in [-0.3, -0.25) is 4.79 Å². The number of halogens is 3. The van der Waals surface area contributed by atoms with Crippen LogP contribution in [-0.2, 0) is 9.53 Å². The van der Waals surface area contributed by atoms with Crippen LogP contribution in [0.5, 0.6) is 0 Å². The summed E-state index contributed by atoms with van der Waals surface area (Å²) in [6.45, 7) is 8.12. The molecule has 0 aliphatic carbocycles. The van der Waals surface area contributed by atoms with Gasteiger partial charge in [0, 0.05) is 6.92 Å². The molecule has 0 aliphatic heterocycles. The number of esters is 1. The van der Waals surface area contributed by atoms with Crippen LogP contribution < -0.4 is 0 Å². The van der Waals surface area contributed by atoms with Gasteiger partial charge in [-0.15, -0.1) is 0 Å². The first-order valence-electron chi connectivity index (χ1n) is 5.47. The van der Waals surface area contributed by atoms with Gasteiger partial charge in [-0.1, -0.05) is 74.3 Å². The van der Waals surface area contributed by atoms with Gasteiger partial charge in [-0.2, -0.15) is 0 Å². The van der Waals surface area contributed by atoms with Crippen molar-refractivity contribution in [3.05, 3.63) is 0 Å². The summed E-state index contributed by atoms with van der Waals surface area (Å²) < 4.78 is 3.65. The molecule has 0 radical (unpaired) electrons. The van der Waals surface area contributed by atoms with Gasteiger partial charge in [0.05, 0.1) is 6.61 Å². The molecule has 0 atom stereocenters. The highest BCUT2D eigenvalue weighted by Crippen LogP contribution is 2.03. The summed E-state index contributed by atoms with van der Waals surface area (Å²) in [4.78, 5) is 9.82. The van der Waals surface area contributed by atoms with E-state index in [2.05, 4.69) is 18.6 Å². The van der Waals surface area contributed by atoms with E-state index >= 15 is 0 Å². The first-order valence-corrected chi connectivity index (χ1v) is 6.78. The van der Waals surface area contributed by atoms with Crippen LogP contribution in [0.4, 0.5) is 0 Å². The lowest BCUT2D eigenvalue weighted by Crippen LogP contribution is -1.95. The average Bonchev–Trinajstić information content (AvgIpc) is 2.14. The van der Waals surface area contributed by atoms with Crippen LogP contribution in [0, 0.1) is 0 Å². The molecule has 0 bridgehead atoms. The Kier molecular flexibility index (Phi) is 28.0. The molecule has 5 heteroatoms. The molecule has 0 aromatic heterocycles. The average molecular weight is 294 g/mol. The van der Waals surface area contributed by atoms with Crippen molar-refractivity contribution in [2.75, 3.05) is 6.61 Å². The molecule has 0 spiro atoms. The van der Waals surface area contributed by atoms with Crippen LogP contribution in [0.1, 0.15) is 53.4 Å². The second-order valence-corrected chi connectivity index (χ2v) is 4.86. The van der Waals surface area contributed by atoms with Crippen LogP contribution in [0.25, 0.3) is 0 Å². The highest BCUT2D eigenvalue weighted by atomic mass is 35.6. The highest BCUT2D eigenvalue weighted by Gasteiger charge is 1.81. The zero-order valence-corrected chi connectivity index (χ0v) is 12.8. The number of carbonyl (C=O) groups excluding carboxylic acids is 1. The summed E-state index contributed by atoms with van der Waals surface area (Å²) in [6, 6.07) is 0. The summed E-state index contributed by atoms with van der Waals surface area (Å²) in [5.41, 5.74) is 0. The lowest BCUT2D eigenvalue weighted by molar-refractivity contribution is -0.140. The van der Waals surface area contributed by atoms with Gasteiger partial charge in [-0.05, 0) is 6.92 Å². The molecule has 0 unspecified atom stereocenters. The van der Waals surface area contributed by atoms with E-state index < -0.39 is 4.30 Å². The Balaban J connectivity index is -0.000000162. The lowest BCUT2D eigenvalue weighted by Gasteiger charge is -1.89. The Labute approximate surface area is 115 Å². The van der Waals surface area contributed by atoms with E-state index in [1.54, 1.807) is 6.92 Å². The van der Waals surface area contributed by atoms with Crippen LogP contribution in [0.2, 0.25) is 0 Å². The lowest BCUT2D eigenvalue weighted by atomic mass is 10.2. The van der Waals surface area contributed by atoms with E-state index in [0.29, 0.717) is 6.61 Å². The third kappa shape index (κ3) is 63.5. The van der Waals surface area contributed by atoms with Gasteiger partial charge in [-0.25, -0.2) is 0 Å².